The number of hydrogen-bond donors (Lipinski definition) is 1. The number of non-ortho nitro benzene ring substituents is 1. The zero-order chi connectivity index (χ0) is 13.1. The lowest BCUT2D eigenvalue weighted by Gasteiger charge is -2.16. The number of nitrogens with zero attached hydrogens (tertiary/aromatic N) is 2. The van der Waals surface area contributed by atoms with Crippen LogP contribution in [0.1, 0.15) is 6.92 Å². The highest BCUT2D eigenvalue weighted by molar-refractivity contribution is 6.35. The standard InChI is InChI=1S/C10H9N3O5/c1-2-17-10(14)9-11-7-4-3-6(13(15)16)5-8(7)18-12-9/h3-5H,2H2,1H3,(H,11,12). The highest BCUT2D eigenvalue weighted by atomic mass is 16.7. The number of nitrogens with one attached hydrogen (secondary N) is 1. The molecule has 0 spiro atoms. The van der Waals surface area contributed by atoms with Crippen LogP contribution in [0.2, 0.25) is 0 Å². The van der Waals surface area contributed by atoms with E-state index < -0.39 is 10.9 Å². The number of carbonyl (C=O) groups excluding carboxylic acids is 1. The van der Waals surface area contributed by atoms with Crippen LogP contribution in [0.5, 0.6) is 5.75 Å². The molecule has 1 aliphatic rings. The summed E-state index contributed by atoms with van der Waals surface area (Å²) >= 11 is 0. The van der Waals surface area contributed by atoms with Crippen LogP contribution >= 0.6 is 0 Å². The fourth-order valence-electron chi connectivity index (χ4n) is 1.32. The fourth-order valence-corrected chi connectivity index (χ4v) is 1.32. The molecule has 8 heteroatoms. The Morgan fingerprint density at radius 1 is 1.61 bits per heavy atom. The van der Waals surface area contributed by atoms with E-state index in [4.69, 9.17) is 9.57 Å². The quantitative estimate of drug-likeness (QED) is 0.490. The highest BCUT2D eigenvalue weighted by Gasteiger charge is 2.21. The number of hydroxylamine groups is 1. The van der Waals surface area contributed by atoms with Crippen molar-refractivity contribution in [2.24, 2.45) is 4.99 Å². The SMILES string of the molecule is CCOC(=O)C1=Nc2ccc([N+](=O)[O-])cc2ON1. The molecule has 0 saturated heterocycles. The molecule has 8 nitrogen and oxygen atoms in total. The number of esters is 1. The van der Waals surface area contributed by atoms with Gasteiger partial charge < -0.3 is 9.57 Å². The summed E-state index contributed by atoms with van der Waals surface area (Å²) in [5, 5.41) is 10.6. The molecule has 0 amide bonds. The van der Waals surface area contributed by atoms with Gasteiger partial charge in [-0.2, -0.15) is 5.48 Å². The summed E-state index contributed by atoms with van der Waals surface area (Å²) in [6, 6.07) is 3.89. The first-order valence-electron chi connectivity index (χ1n) is 5.09. The van der Waals surface area contributed by atoms with E-state index in [0.717, 1.165) is 0 Å². The van der Waals surface area contributed by atoms with Gasteiger partial charge in [0.1, 0.15) is 5.69 Å². The van der Waals surface area contributed by atoms with E-state index in [1.54, 1.807) is 6.92 Å². The molecule has 1 N–H and O–H groups in total. The number of rotatable bonds is 3. The van der Waals surface area contributed by atoms with Crippen LogP contribution in [-0.2, 0) is 9.53 Å². The van der Waals surface area contributed by atoms with Crippen LogP contribution in [0.15, 0.2) is 23.2 Å². The molecular formula is C10H9N3O5. The first kappa shape index (κ1) is 11.8. The third-order valence-corrected chi connectivity index (χ3v) is 2.11. The van der Waals surface area contributed by atoms with Crippen molar-refractivity contribution in [1.29, 1.82) is 0 Å². The highest BCUT2D eigenvalue weighted by Crippen LogP contribution is 2.32. The topological polar surface area (TPSA) is 103 Å². The molecule has 0 bridgehead atoms. The van der Waals surface area contributed by atoms with Crippen molar-refractivity contribution >= 4 is 23.2 Å². The Balaban J connectivity index is 2.30. The van der Waals surface area contributed by atoms with E-state index in [-0.39, 0.29) is 23.9 Å². The number of benzene rings is 1. The Morgan fingerprint density at radius 3 is 3.06 bits per heavy atom. The predicted molar refractivity (Wildman–Crippen MR) is 60.6 cm³/mol. The molecule has 0 saturated carbocycles. The number of aliphatic imine (C=N–C) groups is 1. The maximum atomic E-state index is 11.4. The Hall–Kier alpha value is -2.64. The average Bonchev–Trinajstić information content (AvgIpc) is 2.37. The average molecular weight is 251 g/mol. The molecule has 0 radical (unpaired) electrons. The molecule has 1 heterocycles. The molecule has 0 atom stereocenters. The molecule has 2 rings (SSSR count). The zero-order valence-electron chi connectivity index (χ0n) is 9.37. The smallest absolute Gasteiger partial charge is 0.377 e. The first-order chi connectivity index (χ1) is 8.61. The summed E-state index contributed by atoms with van der Waals surface area (Å²) in [4.78, 5) is 30.4. The van der Waals surface area contributed by atoms with Crippen molar-refractivity contribution in [3.05, 3.63) is 28.3 Å². The molecule has 1 aromatic rings. The minimum Gasteiger partial charge on any atom is -0.460 e. The number of nitro benzene ring substituents is 1. The van der Waals surface area contributed by atoms with E-state index >= 15 is 0 Å². The van der Waals surface area contributed by atoms with Gasteiger partial charge in [-0.25, -0.2) is 9.79 Å². The molecule has 0 fully saturated rings. The normalized spacial score (nSPS) is 12.6. The lowest BCUT2D eigenvalue weighted by atomic mass is 10.2. The molecule has 0 aliphatic carbocycles. The molecular weight excluding hydrogens is 242 g/mol. The molecule has 1 aromatic carbocycles. The van der Waals surface area contributed by atoms with Crippen LogP contribution < -0.4 is 10.3 Å². The third-order valence-electron chi connectivity index (χ3n) is 2.11. The summed E-state index contributed by atoms with van der Waals surface area (Å²) in [5.41, 5.74) is 2.48. The number of carbonyl (C=O) groups is 1. The Bertz CT molecular complexity index is 540. The van der Waals surface area contributed by atoms with Gasteiger partial charge in [0.05, 0.1) is 17.6 Å². The van der Waals surface area contributed by atoms with E-state index in [0.29, 0.717) is 5.69 Å². The van der Waals surface area contributed by atoms with Gasteiger partial charge in [0.25, 0.3) is 5.69 Å². The Morgan fingerprint density at radius 2 is 2.39 bits per heavy atom. The lowest BCUT2D eigenvalue weighted by Crippen LogP contribution is -2.37. The molecule has 0 aromatic heterocycles. The maximum absolute atomic E-state index is 11.4. The number of fused-ring (bicyclic) bond motifs is 1. The van der Waals surface area contributed by atoms with Gasteiger partial charge in [-0.15, -0.1) is 0 Å². The number of ether oxygens (including phenoxy) is 1. The van der Waals surface area contributed by atoms with Gasteiger partial charge >= 0.3 is 5.97 Å². The summed E-state index contributed by atoms with van der Waals surface area (Å²) < 4.78 is 4.74. The van der Waals surface area contributed by atoms with E-state index in [9.17, 15) is 14.9 Å². The molecule has 0 unspecified atom stereocenters. The van der Waals surface area contributed by atoms with Crippen molar-refractivity contribution in [2.45, 2.75) is 6.92 Å². The monoisotopic (exact) mass is 251 g/mol. The Kier molecular flexibility index (Phi) is 3.09. The number of amidine groups is 1. The van der Waals surface area contributed by atoms with Crippen LogP contribution in [0.25, 0.3) is 0 Å². The first-order valence-corrected chi connectivity index (χ1v) is 5.09. The maximum Gasteiger partial charge on any atom is 0.377 e. The predicted octanol–water partition coefficient (Wildman–Crippen LogP) is 1.08. The van der Waals surface area contributed by atoms with Gasteiger partial charge in [-0.1, -0.05) is 0 Å². The molecule has 94 valence electrons. The van der Waals surface area contributed by atoms with Crippen molar-refractivity contribution in [2.75, 3.05) is 6.61 Å². The van der Waals surface area contributed by atoms with Gasteiger partial charge in [0, 0.05) is 6.07 Å². The number of nitro groups is 1. The third kappa shape index (κ3) is 2.21. The fraction of sp³-hybridized carbons (Fsp3) is 0.200. The second-order valence-electron chi connectivity index (χ2n) is 3.29. The van der Waals surface area contributed by atoms with Gasteiger partial charge in [0.15, 0.2) is 5.75 Å². The van der Waals surface area contributed by atoms with Crippen molar-refractivity contribution in [3.63, 3.8) is 0 Å². The van der Waals surface area contributed by atoms with Crippen molar-refractivity contribution in [3.8, 4) is 5.75 Å². The van der Waals surface area contributed by atoms with Gasteiger partial charge in [-0.05, 0) is 13.0 Å². The van der Waals surface area contributed by atoms with Crippen LogP contribution in [0, 0.1) is 10.1 Å². The van der Waals surface area contributed by atoms with Gasteiger partial charge in [0.2, 0.25) is 5.84 Å². The summed E-state index contributed by atoms with van der Waals surface area (Å²) in [5.74, 6) is -0.572. The van der Waals surface area contributed by atoms with E-state index in [1.165, 1.54) is 18.2 Å². The minimum absolute atomic E-state index is 0.0989. The molecule has 18 heavy (non-hydrogen) atoms. The van der Waals surface area contributed by atoms with Crippen LogP contribution in [0.4, 0.5) is 11.4 Å². The minimum atomic E-state index is -0.651. The second kappa shape index (κ2) is 4.70. The van der Waals surface area contributed by atoms with Crippen molar-refractivity contribution < 1.29 is 19.3 Å². The van der Waals surface area contributed by atoms with Gasteiger partial charge in [-0.3, -0.25) is 10.1 Å². The van der Waals surface area contributed by atoms with Crippen molar-refractivity contribution in [1.82, 2.24) is 5.48 Å². The summed E-state index contributed by atoms with van der Waals surface area (Å²) in [6.45, 7) is 1.88. The van der Waals surface area contributed by atoms with Crippen LogP contribution in [-0.4, -0.2) is 23.3 Å². The zero-order valence-corrected chi connectivity index (χ0v) is 9.37. The summed E-state index contributed by atoms with van der Waals surface area (Å²) in [6.07, 6.45) is 0. The lowest BCUT2D eigenvalue weighted by molar-refractivity contribution is -0.384. The molecule has 1 aliphatic heterocycles. The largest absolute Gasteiger partial charge is 0.460 e. The van der Waals surface area contributed by atoms with Crippen LogP contribution in [0.3, 0.4) is 0 Å². The van der Waals surface area contributed by atoms with E-state index in [2.05, 4.69) is 10.5 Å². The summed E-state index contributed by atoms with van der Waals surface area (Å²) in [7, 11) is 0. The Labute approximate surface area is 101 Å². The van der Waals surface area contributed by atoms with E-state index in [1.807, 2.05) is 0 Å². The number of hydrogen-bond acceptors (Lipinski definition) is 7. The second-order valence-corrected chi connectivity index (χ2v) is 3.29.